The fourth-order valence-corrected chi connectivity index (χ4v) is 4.55. The van der Waals surface area contributed by atoms with Crippen molar-refractivity contribution < 1.29 is 14.3 Å². The Hall–Kier alpha value is -4.53. The minimum Gasteiger partial charge on any atom is -0.440 e. The molecule has 0 radical (unpaired) electrons. The lowest BCUT2D eigenvalue weighted by Gasteiger charge is -2.27. The number of halogens is 1. The molecule has 1 unspecified atom stereocenters. The zero-order chi connectivity index (χ0) is 25.1. The summed E-state index contributed by atoms with van der Waals surface area (Å²) in [6, 6.07) is 33.5. The van der Waals surface area contributed by atoms with E-state index in [1.54, 1.807) is 30.3 Å². The van der Waals surface area contributed by atoms with Crippen LogP contribution in [0.25, 0.3) is 0 Å². The minimum absolute atomic E-state index is 0.0138. The van der Waals surface area contributed by atoms with Crippen LogP contribution in [0.3, 0.4) is 0 Å². The number of rotatable bonds is 5. The van der Waals surface area contributed by atoms with Crippen molar-refractivity contribution in [2.24, 2.45) is 5.73 Å². The number of nitrogens with zero attached hydrogens (tertiary/aromatic N) is 1. The molecular formula is C30H21ClN2O3. The van der Waals surface area contributed by atoms with E-state index in [-0.39, 0.29) is 5.88 Å². The highest BCUT2D eigenvalue weighted by Gasteiger charge is 2.31. The van der Waals surface area contributed by atoms with Gasteiger partial charge in [-0.3, -0.25) is 4.79 Å². The largest absolute Gasteiger partial charge is 0.440 e. The van der Waals surface area contributed by atoms with Crippen LogP contribution in [-0.2, 0) is 4.79 Å². The zero-order valence-electron chi connectivity index (χ0n) is 19.1. The number of carbonyl (C=O) groups is 1. The molecule has 1 atom stereocenters. The second kappa shape index (κ2) is 9.99. The average molecular weight is 493 g/mol. The van der Waals surface area contributed by atoms with Crippen molar-refractivity contribution in [3.8, 4) is 17.6 Å². The standard InChI is InChI=1S/C30H21ClN2O3/c31-22-13-11-21(12-14-22)28-24-16-15-23(17-26(24)36-29(33)25(28)18-32)35-30(34)27(19-7-3-1-4-8-19)20-9-5-2-6-10-20/h1-17,27-28H,33H2. The number of allylic oxidation sites excluding steroid dienone is 1. The number of hydrogen-bond donors (Lipinski definition) is 1. The van der Waals surface area contributed by atoms with E-state index in [1.165, 1.54) is 0 Å². The van der Waals surface area contributed by atoms with Gasteiger partial charge in [-0.15, -0.1) is 0 Å². The van der Waals surface area contributed by atoms with E-state index in [0.29, 0.717) is 22.1 Å². The van der Waals surface area contributed by atoms with Gasteiger partial charge in [0.1, 0.15) is 29.1 Å². The molecule has 0 spiro atoms. The van der Waals surface area contributed by atoms with E-state index in [0.717, 1.165) is 22.3 Å². The Balaban J connectivity index is 1.49. The molecule has 1 aliphatic rings. The van der Waals surface area contributed by atoms with Gasteiger partial charge in [-0.25, -0.2) is 0 Å². The molecule has 5 nitrogen and oxygen atoms in total. The molecule has 4 aromatic carbocycles. The Kier molecular flexibility index (Phi) is 6.44. The van der Waals surface area contributed by atoms with Crippen LogP contribution in [0.2, 0.25) is 5.02 Å². The Morgan fingerprint density at radius 2 is 1.53 bits per heavy atom. The maximum Gasteiger partial charge on any atom is 0.323 e. The van der Waals surface area contributed by atoms with Gasteiger partial charge < -0.3 is 15.2 Å². The maximum atomic E-state index is 13.4. The normalized spacial score (nSPS) is 14.5. The maximum absolute atomic E-state index is 13.4. The van der Waals surface area contributed by atoms with Crippen molar-refractivity contribution in [1.82, 2.24) is 0 Å². The van der Waals surface area contributed by atoms with Gasteiger partial charge in [0.2, 0.25) is 5.88 Å². The summed E-state index contributed by atoms with van der Waals surface area (Å²) in [4.78, 5) is 13.4. The summed E-state index contributed by atoms with van der Waals surface area (Å²) < 4.78 is 11.6. The van der Waals surface area contributed by atoms with Crippen LogP contribution >= 0.6 is 11.6 Å². The van der Waals surface area contributed by atoms with Gasteiger partial charge in [-0.05, 0) is 34.9 Å². The van der Waals surface area contributed by atoms with Gasteiger partial charge in [-0.1, -0.05) is 90.5 Å². The lowest BCUT2D eigenvalue weighted by atomic mass is 9.83. The van der Waals surface area contributed by atoms with Crippen LogP contribution in [-0.4, -0.2) is 5.97 Å². The fraction of sp³-hybridized carbons (Fsp3) is 0.0667. The third-order valence-corrected chi connectivity index (χ3v) is 6.37. The second-order valence-electron chi connectivity index (χ2n) is 8.35. The van der Waals surface area contributed by atoms with E-state index < -0.39 is 17.8 Å². The lowest BCUT2D eigenvalue weighted by Crippen LogP contribution is -2.22. The van der Waals surface area contributed by atoms with Gasteiger partial charge in [0.05, 0.1) is 5.92 Å². The highest BCUT2D eigenvalue weighted by atomic mass is 35.5. The molecule has 0 aromatic heterocycles. The Labute approximate surface area is 214 Å². The van der Waals surface area contributed by atoms with Gasteiger partial charge >= 0.3 is 5.97 Å². The first kappa shape index (κ1) is 23.2. The van der Waals surface area contributed by atoms with Crippen LogP contribution < -0.4 is 15.2 Å². The summed E-state index contributed by atoms with van der Waals surface area (Å²) in [6.07, 6.45) is 0. The van der Waals surface area contributed by atoms with Crippen molar-refractivity contribution in [2.75, 3.05) is 0 Å². The number of esters is 1. The molecular weight excluding hydrogens is 472 g/mol. The summed E-state index contributed by atoms with van der Waals surface area (Å²) in [5.41, 5.74) is 9.67. The van der Waals surface area contributed by atoms with E-state index in [1.807, 2.05) is 72.8 Å². The van der Waals surface area contributed by atoms with Crippen molar-refractivity contribution in [1.29, 1.82) is 5.26 Å². The van der Waals surface area contributed by atoms with Gasteiger partial charge in [-0.2, -0.15) is 5.26 Å². The molecule has 0 amide bonds. The molecule has 0 aliphatic carbocycles. The molecule has 5 rings (SSSR count). The van der Waals surface area contributed by atoms with Gasteiger partial charge in [0, 0.05) is 16.7 Å². The summed E-state index contributed by atoms with van der Waals surface area (Å²) in [5.74, 6) is -0.687. The highest BCUT2D eigenvalue weighted by Crippen LogP contribution is 2.43. The van der Waals surface area contributed by atoms with E-state index >= 15 is 0 Å². The summed E-state index contributed by atoms with van der Waals surface area (Å²) in [7, 11) is 0. The summed E-state index contributed by atoms with van der Waals surface area (Å²) in [6.45, 7) is 0. The first-order valence-electron chi connectivity index (χ1n) is 11.3. The van der Waals surface area contributed by atoms with E-state index in [4.69, 9.17) is 26.8 Å². The zero-order valence-corrected chi connectivity index (χ0v) is 19.9. The first-order chi connectivity index (χ1) is 17.5. The Bertz CT molecular complexity index is 1440. The minimum atomic E-state index is -0.596. The molecule has 0 fully saturated rings. The number of hydrogen-bond acceptors (Lipinski definition) is 5. The third-order valence-electron chi connectivity index (χ3n) is 6.11. The van der Waals surface area contributed by atoms with Crippen LogP contribution in [0.5, 0.6) is 11.5 Å². The SMILES string of the molecule is N#CC1=C(N)Oc2cc(OC(=O)C(c3ccccc3)c3ccccc3)ccc2C1c1ccc(Cl)cc1. The average Bonchev–Trinajstić information content (AvgIpc) is 2.90. The molecule has 1 heterocycles. The lowest BCUT2D eigenvalue weighted by molar-refractivity contribution is -0.135. The third kappa shape index (κ3) is 4.55. The summed E-state index contributed by atoms with van der Waals surface area (Å²) >= 11 is 6.06. The van der Waals surface area contributed by atoms with Crippen molar-refractivity contribution in [3.63, 3.8) is 0 Å². The molecule has 1 aliphatic heterocycles. The predicted molar refractivity (Wildman–Crippen MR) is 138 cm³/mol. The number of carbonyl (C=O) groups excluding carboxylic acids is 1. The van der Waals surface area contributed by atoms with Crippen LogP contribution in [0, 0.1) is 11.3 Å². The van der Waals surface area contributed by atoms with Crippen LogP contribution in [0.15, 0.2) is 115 Å². The number of benzene rings is 4. The van der Waals surface area contributed by atoms with Crippen molar-refractivity contribution >= 4 is 17.6 Å². The summed E-state index contributed by atoms with van der Waals surface area (Å²) in [5, 5.41) is 10.4. The van der Waals surface area contributed by atoms with Gasteiger partial charge in [0.25, 0.3) is 0 Å². The molecule has 36 heavy (non-hydrogen) atoms. The topological polar surface area (TPSA) is 85.3 Å². The monoisotopic (exact) mass is 492 g/mol. The van der Waals surface area contributed by atoms with E-state index in [2.05, 4.69) is 6.07 Å². The fourth-order valence-electron chi connectivity index (χ4n) is 4.43. The molecule has 6 heteroatoms. The molecule has 0 saturated heterocycles. The van der Waals surface area contributed by atoms with Crippen LogP contribution in [0.4, 0.5) is 0 Å². The number of nitriles is 1. The van der Waals surface area contributed by atoms with Crippen LogP contribution in [0.1, 0.15) is 34.1 Å². The predicted octanol–water partition coefficient (Wildman–Crippen LogP) is 6.30. The number of ether oxygens (including phenoxy) is 2. The van der Waals surface area contributed by atoms with Crippen molar-refractivity contribution in [2.45, 2.75) is 11.8 Å². The quantitative estimate of drug-likeness (QED) is 0.261. The number of nitrogens with two attached hydrogens (primary N) is 1. The van der Waals surface area contributed by atoms with Gasteiger partial charge in [0.15, 0.2) is 0 Å². The number of fused-ring (bicyclic) bond motifs is 1. The Morgan fingerprint density at radius 1 is 0.917 bits per heavy atom. The smallest absolute Gasteiger partial charge is 0.323 e. The Morgan fingerprint density at radius 3 is 2.11 bits per heavy atom. The highest BCUT2D eigenvalue weighted by molar-refractivity contribution is 6.30. The molecule has 0 bridgehead atoms. The second-order valence-corrected chi connectivity index (χ2v) is 8.79. The molecule has 176 valence electrons. The van der Waals surface area contributed by atoms with Crippen molar-refractivity contribution in [3.05, 3.63) is 142 Å². The molecule has 4 aromatic rings. The molecule has 0 saturated carbocycles. The van der Waals surface area contributed by atoms with E-state index in [9.17, 15) is 10.1 Å². The first-order valence-corrected chi connectivity index (χ1v) is 11.7. The molecule has 2 N–H and O–H groups in total.